The standard InChI is InChI=1S/C7H12O2/c1-6-2-4-9-5-3-7(6)8/h6H,2-5H2,1H3. The third-order valence-electron chi connectivity index (χ3n) is 1.74. The van der Waals surface area contributed by atoms with Crippen LogP contribution in [0.2, 0.25) is 0 Å². The SMILES string of the molecule is CC1CCOCCC1=O. The fourth-order valence-corrected chi connectivity index (χ4v) is 0.942. The van der Waals surface area contributed by atoms with Gasteiger partial charge in [0, 0.05) is 18.9 Å². The zero-order valence-electron chi connectivity index (χ0n) is 5.72. The smallest absolute Gasteiger partial charge is 0.138 e. The average Bonchev–Trinajstić information content (AvgIpc) is 1.99. The predicted octanol–water partition coefficient (Wildman–Crippen LogP) is 1.00. The molecule has 0 radical (unpaired) electrons. The minimum Gasteiger partial charge on any atom is -0.381 e. The summed E-state index contributed by atoms with van der Waals surface area (Å²) < 4.78 is 5.11. The number of ketones is 1. The quantitative estimate of drug-likeness (QED) is 0.486. The maximum absolute atomic E-state index is 10.9. The molecule has 0 amide bonds. The highest BCUT2D eigenvalue weighted by atomic mass is 16.5. The summed E-state index contributed by atoms with van der Waals surface area (Å²) in [4.78, 5) is 10.9. The summed E-state index contributed by atoms with van der Waals surface area (Å²) >= 11 is 0. The molecule has 2 heteroatoms. The molecule has 9 heavy (non-hydrogen) atoms. The average molecular weight is 128 g/mol. The van der Waals surface area contributed by atoms with E-state index in [0.717, 1.165) is 13.0 Å². The van der Waals surface area contributed by atoms with Crippen molar-refractivity contribution in [1.82, 2.24) is 0 Å². The predicted molar refractivity (Wildman–Crippen MR) is 34.2 cm³/mol. The van der Waals surface area contributed by atoms with Crippen LogP contribution in [0, 0.1) is 5.92 Å². The van der Waals surface area contributed by atoms with E-state index in [2.05, 4.69) is 0 Å². The molecule has 1 aliphatic rings. The van der Waals surface area contributed by atoms with Crippen molar-refractivity contribution in [3.8, 4) is 0 Å². The zero-order chi connectivity index (χ0) is 6.69. The second-order valence-corrected chi connectivity index (χ2v) is 2.52. The van der Waals surface area contributed by atoms with Crippen LogP contribution in [0.3, 0.4) is 0 Å². The molecule has 0 bridgehead atoms. The lowest BCUT2D eigenvalue weighted by molar-refractivity contribution is -0.122. The van der Waals surface area contributed by atoms with Gasteiger partial charge in [0.25, 0.3) is 0 Å². The Kier molecular flexibility index (Phi) is 2.22. The fourth-order valence-electron chi connectivity index (χ4n) is 0.942. The van der Waals surface area contributed by atoms with Crippen molar-refractivity contribution in [3.63, 3.8) is 0 Å². The second-order valence-electron chi connectivity index (χ2n) is 2.52. The van der Waals surface area contributed by atoms with Gasteiger partial charge in [0.1, 0.15) is 5.78 Å². The van der Waals surface area contributed by atoms with Gasteiger partial charge in [0.15, 0.2) is 0 Å². The Morgan fingerprint density at radius 3 is 3.11 bits per heavy atom. The molecule has 0 aromatic heterocycles. The summed E-state index contributed by atoms with van der Waals surface area (Å²) in [6.07, 6.45) is 1.51. The Morgan fingerprint density at radius 1 is 1.56 bits per heavy atom. The Morgan fingerprint density at radius 2 is 2.33 bits per heavy atom. The van der Waals surface area contributed by atoms with E-state index in [4.69, 9.17) is 4.74 Å². The normalized spacial score (nSPS) is 29.9. The Bertz CT molecular complexity index is 109. The van der Waals surface area contributed by atoms with Crippen LogP contribution in [-0.2, 0) is 9.53 Å². The minimum atomic E-state index is 0.229. The van der Waals surface area contributed by atoms with Crippen molar-refractivity contribution in [2.75, 3.05) is 13.2 Å². The monoisotopic (exact) mass is 128 g/mol. The van der Waals surface area contributed by atoms with Crippen LogP contribution >= 0.6 is 0 Å². The van der Waals surface area contributed by atoms with E-state index in [0.29, 0.717) is 18.8 Å². The first-order valence-electron chi connectivity index (χ1n) is 3.41. The number of hydrogen-bond donors (Lipinski definition) is 0. The van der Waals surface area contributed by atoms with Crippen molar-refractivity contribution in [1.29, 1.82) is 0 Å². The second kappa shape index (κ2) is 2.97. The molecule has 1 rings (SSSR count). The summed E-state index contributed by atoms with van der Waals surface area (Å²) in [5.41, 5.74) is 0. The highest BCUT2D eigenvalue weighted by molar-refractivity contribution is 5.80. The molecule has 1 aliphatic heterocycles. The first-order valence-corrected chi connectivity index (χ1v) is 3.41. The lowest BCUT2D eigenvalue weighted by atomic mass is 10.0. The molecule has 0 aliphatic carbocycles. The van der Waals surface area contributed by atoms with Gasteiger partial charge in [-0.05, 0) is 6.42 Å². The number of carbonyl (C=O) groups is 1. The van der Waals surface area contributed by atoms with Crippen molar-refractivity contribution in [2.24, 2.45) is 5.92 Å². The van der Waals surface area contributed by atoms with Gasteiger partial charge in [-0.15, -0.1) is 0 Å². The maximum atomic E-state index is 10.9. The number of Topliss-reactive ketones (excluding diaryl/α,β-unsaturated/α-hetero) is 1. The third-order valence-corrected chi connectivity index (χ3v) is 1.74. The summed E-state index contributed by atoms with van der Waals surface area (Å²) in [6, 6.07) is 0. The van der Waals surface area contributed by atoms with Gasteiger partial charge in [0.05, 0.1) is 6.61 Å². The summed E-state index contributed by atoms with van der Waals surface area (Å²) in [6.45, 7) is 3.35. The molecule has 0 saturated carbocycles. The van der Waals surface area contributed by atoms with Gasteiger partial charge in [-0.2, -0.15) is 0 Å². The minimum absolute atomic E-state index is 0.229. The molecule has 1 atom stereocenters. The summed E-state index contributed by atoms with van der Waals surface area (Å²) in [7, 11) is 0. The third kappa shape index (κ3) is 1.79. The lowest BCUT2D eigenvalue weighted by Gasteiger charge is -2.01. The van der Waals surface area contributed by atoms with Crippen LogP contribution in [0.4, 0.5) is 0 Å². The first kappa shape index (κ1) is 6.75. The van der Waals surface area contributed by atoms with Crippen molar-refractivity contribution < 1.29 is 9.53 Å². The van der Waals surface area contributed by atoms with Gasteiger partial charge < -0.3 is 4.74 Å². The van der Waals surface area contributed by atoms with E-state index in [1.165, 1.54) is 0 Å². The van der Waals surface area contributed by atoms with E-state index in [-0.39, 0.29) is 5.92 Å². The van der Waals surface area contributed by atoms with Crippen LogP contribution in [0.25, 0.3) is 0 Å². The highest BCUT2D eigenvalue weighted by Gasteiger charge is 2.15. The molecule has 0 spiro atoms. The molecule has 0 N–H and O–H groups in total. The van der Waals surface area contributed by atoms with E-state index >= 15 is 0 Å². The Labute approximate surface area is 55.2 Å². The molecule has 0 aromatic carbocycles. The molecule has 1 heterocycles. The molecule has 2 nitrogen and oxygen atoms in total. The van der Waals surface area contributed by atoms with E-state index in [1.54, 1.807) is 0 Å². The maximum Gasteiger partial charge on any atom is 0.138 e. The molecular formula is C7H12O2. The van der Waals surface area contributed by atoms with Crippen LogP contribution in [0.5, 0.6) is 0 Å². The number of carbonyl (C=O) groups excluding carboxylic acids is 1. The van der Waals surface area contributed by atoms with Gasteiger partial charge in [-0.3, -0.25) is 4.79 Å². The van der Waals surface area contributed by atoms with Crippen molar-refractivity contribution in [3.05, 3.63) is 0 Å². The van der Waals surface area contributed by atoms with Crippen molar-refractivity contribution in [2.45, 2.75) is 19.8 Å². The topological polar surface area (TPSA) is 26.3 Å². The van der Waals surface area contributed by atoms with Gasteiger partial charge in [-0.1, -0.05) is 6.92 Å². The summed E-state index contributed by atoms with van der Waals surface area (Å²) in [5.74, 6) is 0.583. The summed E-state index contributed by atoms with van der Waals surface area (Å²) in [5, 5.41) is 0. The number of ether oxygens (including phenoxy) is 1. The van der Waals surface area contributed by atoms with Gasteiger partial charge >= 0.3 is 0 Å². The van der Waals surface area contributed by atoms with E-state index in [1.807, 2.05) is 6.92 Å². The zero-order valence-corrected chi connectivity index (χ0v) is 5.72. The van der Waals surface area contributed by atoms with Gasteiger partial charge in [0.2, 0.25) is 0 Å². The number of rotatable bonds is 0. The Hall–Kier alpha value is -0.370. The number of hydrogen-bond acceptors (Lipinski definition) is 2. The van der Waals surface area contributed by atoms with Gasteiger partial charge in [-0.25, -0.2) is 0 Å². The molecule has 52 valence electrons. The fraction of sp³-hybridized carbons (Fsp3) is 0.857. The molecule has 1 unspecified atom stereocenters. The molecule has 1 fully saturated rings. The molecule has 1 saturated heterocycles. The molecular weight excluding hydrogens is 116 g/mol. The van der Waals surface area contributed by atoms with E-state index < -0.39 is 0 Å². The van der Waals surface area contributed by atoms with Crippen LogP contribution < -0.4 is 0 Å². The van der Waals surface area contributed by atoms with Crippen LogP contribution in [0.1, 0.15) is 19.8 Å². The van der Waals surface area contributed by atoms with Crippen molar-refractivity contribution >= 4 is 5.78 Å². The molecule has 0 aromatic rings. The first-order chi connectivity index (χ1) is 4.30. The largest absolute Gasteiger partial charge is 0.381 e. The highest BCUT2D eigenvalue weighted by Crippen LogP contribution is 2.09. The van der Waals surface area contributed by atoms with E-state index in [9.17, 15) is 4.79 Å². The lowest BCUT2D eigenvalue weighted by Crippen LogP contribution is -2.08. The van der Waals surface area contributed by atoms with Crippen LogP contribution in [0.15, 0.2) is 0 Å². The Balaban J connectivity index is 2.41. The van der Waals surface area contributed by atoms with Crippen LogP contribution in [-0.4, -0.2) is 19.0 Å².